The third-order valence-electron chi connectivity index (χ3n) is 3.92. The molecule has 0 aliphatic carbocycles. The quantitative estimate of drug-likeness (QED) is 0.410. The van der Waals surface area contributed by atoms with Gasteiger partial charge in [-0.25, -0.2) is 0 Å². The maximum atomic E-state index is 4.44. The second kappa shape index (κ2) is 8.71. The number of fused-ring (bicyclic) bond motifs is 4. The van der Waals surface area contributed by atoms with Crippen molar-refractivity contribution in [3.8, 4) is 0 Å². The average molecular weight is 430 g/mol. The molecule has 4 heteroatoms. The van der Waals surface area contributed by atoms with E-state index in [1.54, 1.807) is 0 Å². The van der Waals surface area contributed by atoms with E-state index in [1.165, 1.54) is 0 Å². The summed E-state index contributed by atoms with van der Waals surface area (Å²) in [6, 6.07) is 29.4. The van der Waals surface area contributed by atoms with Gasteiger partial charge in [-0.2, -0.15) is 0 Å². The largest absolute Gasteiger partial charge is 2.00 e. The van der Waals surface area contributed by atoms with Gasteiger partial charge in [0.05, 0.1) is 0 Å². The summed E-state index contributed by atoms with van der Waals surface area (Å²) in [5, 5.41) is 0. The van der Waals surface area contributed by atoms with Gasteiger partial charge in [-0.05, 0) is 23.5 Å². The van der Waals surface area contributed by atoms with Gasteiger partial charge in [-0.15, -0.1) is 59.7 Å². The molecule has 0 spiro atoms. The molecule has 0 saturated carbocycles. The maximum Gasteiger partial charge on any atom is 2.00 e. The van der Waals surface area contributed by atoms with Gasteiger partial charge in [0.25, 0.3) is 0 Å². The van der Waals surface area contributed by atoms with Crippen LogP contribution in [0, 0.1) is 12.1 Å². The number of hydrogen-bond acceptors (Lipinski definition) is 3. The Morgan fingerprint density at radius 2 is 1.19 bits per heavy atom. The molecule has 0 amide bonds. The van der Waals surface area contributed by atoms with Crippen LogP contribution in [-0.4, -0.2) is 25.5 Å². The van der Waals surface area contributed by atoms with E-state index in [0.717, 1.165) is 28.2 Å². The predicted octanol–water partition coefficient (Wildman–Crippen LogP) is 4.61. The minimum absolute atomic E-state index is 0. The van der Waals surface area contributed by atoms with Gasteiger partial charge >= 0.3 is 20.4 Å². The fourth-order valence-corrected chi connectivity index (χ4v) is 2.79. The number of rotatable bonds is 1. The summed E-state index contributed by atoms with van der Waals surface area (Å²) in [7, 11) is 0. The van der Waals surface area contributed by atoms with E-state index in [-0.39, 0.29) is 20.4 Å². The predicted molar refractivity (Wildman–Crippen MR) is 104 cm³/mol. The van der Waals surface area contributed by atoms with Gasteiger partial charge in [0.1, 0.15) is 0 Å². The molecular weight excluding hydrogens is 413 g/mol. The van der Waals surface area contributed by atoms with Gasteiger partial charge < -0.3 is 14.9 Å². The molecule has 1 aliphatic heterocycles. The number of para-hydroxylation sites is 1. The van der Waals surface area contributed by atoms with Crippen molar-refractivity contribution < 1.29 is 20.4 Å². The molecule has 3 aromatic rings. The summed E-state index contributed by atoms with van der Waals surface area (Å²) >= 11 is 0. The second-order valence-corrected chi connectivity index (χ2v) is 5.72. The van der Waals surface area contributed by atoms with Crippen LogP contribution < -0.4 is 4.90 Å². The first-order chi connectivity index (χ1) is 12.4. The van der Waals surface area contributed by atoms with Crippen LogP contribution in [-0.2, 0) is 20.4 Å². The Balaban J connectivity index is 0.00000196. The van der Waals surface area contributed by atoms with E-state index in [4.69, 9.17) is 0 Å². The normalized spacial score (nSPS) is 13.2. The molecule has 4 rings (SSSR count). The Morgan fingerprint density at radius 1 is 0.654 bits per heavy atom. The molecule has 3 aromatic carbocycles. The standard InChI is InChI=1S/C22H17N3.Pd/c1-2-8-20(9-3-1)25-21-10-4-6-18(14-21)16-23-12-13-24-17-19-7-5-11-22(25)15-19;/h1-11,16-17H,12-13H2;/q-2;+2. The SMILES string of the molecule is [Pd+2].[c-]1c2cccc1N(c1ccccc1)c1[c-]c(ccc1)C=NCCN=C2. The zero-order chi connectivity index (χ0) is 16.9. The Morgan fingerprint density at radius 3 is 1.73 bits per heavy atom. The maximum absolute atomic E-state index is 4.44. The van der Waals surface area contributed by atoms with Crippen molar-refractivity contribution in [1.29, 1.82) is 0 Å². The van der Waals surface area contributed by atoms with E-state index in [0.29, 0.717) is 13.1 Å². The average Bonchev–Trinajstić information content (AvgIpc) is 2.66. The third kappa shape index (κ3) is 4.16. The number of anilines is 3. The minimum atomic E-state index is 0. The van der Waals surface area contributed by atoms with Crippen molar-refractivity contribution in [2.24, 2.45) is 9.98 Å². The van der Waals surface area contributed by atoms with E-state index in [2.05, 4.69) is 51.3 Å². The van der Waals surface area contributed by atoms with Crippen LogP contribution in [0.3, 0.4) is 0 Å². The van der Waals surface area contributed by atoms with E-state index in [9.17, 15) is 0 Å². The van der Waals surface area contributed by atoms with Gasteiger partial charge in [0.15, 0.2) is 0 Å². The van der Waals surface area contributed by atoms with Crippen LogP contribution >= 0.6 is 0 Å². The summed E-state index contributed by atoms with van der Waals surface area (Å²) in [5.41, 5.74) is 4.89. The summed E-state index contributed by atoms with van der Waals surface area (Å²) < 4.78 is 0. The summed E-state index contributed by atoms with van der Waals surface area (Å²) in [6.45, 7) is 1.33. The Labute approximate surface area is 167 Å². The van der Waals surface area contributed by atoms with Crippen LogP contribution in [0.25, 0.3) is 0 Å². The summed E-state index contributed by atoms with van der Waals surface area (Å²) in [4.78, 5) is 11.0. The molecule has 0 saturated heterocycles. The molecule has 0 aromatic heterocycles. The molecule has 0 atom stereocenters. The first kappa shape index (κ1) is 18.3. The zero-order valence-corrected chi connectivity index (χ0v) is 15.6. The first-order valence-electron chi connectivity index (χ1n) is 8.30. The molecule has 130 valence electrons. The van der Waals surface area contributed by atoms with Gasteiger partial charge in [-0.3, -0.25) is 0 Å². The monoisotopic (exact) mass is 429 g/mol. The van der Waals surface area contributed by atoms with E-state index in [1.807, 2.05) is 54.9 Å². The molecular formula is C22H17N3Pd. The van der Waals surface area contributed by atoms with Crippen LogP contribution in [0.1, 0.15) is 11.1 Å². The number of nitrogens with zero attached hydrogens (tertiary/aromatic N) is 3. The number of hydrogen-bond donors (Lipinski definition) is 0. The van der Waals surface area contributed by atoms with Crippen LogP contribution in [0.4, 0.5) is 17.1 Å². The van der Waals surface area contributed by atoms with Crippen molar-refractivity contribution in [3.63, 3.8) is 0 Å². The van der Waals surface area contributed by atoms with Crippen molar-refractivity contribution >= 4 is 29.5 Å². The Hall–Kier alpha value is -2.54. The van der Waals surface area contributed by atoms with Gasteiger partial charge in [0.2, 0.25) is 0 Å². The minimum Gasteiger partial charge on any atom is -0.346 e. The number of aliphatic imine (C=N–C) groups is 2. The molecule has 4 bridgehead atoms. The van der Waals surface area contributed by atoms with Crippen molar-refractivity contribution in [2.45, 2.75) is 0 Å². The molecule has 1 aliphatic rings. The summed E-state index contributed by atoms with van der Waals surface area (Å²) in [5.74, 6) is 0. The van der Waals surface area contributed by atoms with Crippen molar-refractivity contribution in [1.82, 2.24) is 0 Å². The molecule has 0 N–H and O–H groups in total. The van der Waals surface area contributed by atoms with Gasteiger partial charge in [-0.1, -0.05) is 30.6 Å². The first-order valence-corrected chi connectivity index (χ1v) is 8.30. The van der Waals surface area contributed by atoms with Gasteiger partial charge in [0, 0.05) is 18.8 Å². The Bertz CT molecular complexity index is 862. The molecule has 3 nitrogen and oxygen atoms in total. The summed E-state index contributed by atoms with van der Waals surface area (Å²) in [6.07, 6.45) is 3.72. The van der Waals surface area contributed by atoms with E-state index >= 15 is 0 Å². The Kier molecular flexibility index (Phi) is 6.12. The molecule has 0 radical (unpaired) electrons. The molecule has 0 unspecified atom stereocenters. The smallest absolute Gasteiger partial charge is 0.346 e. The third-order valence-corrected chi connectivity index (χ3v) is 3.92. The topological polar surface area (TPSA) is 28.0 Å². The van der Waals surface area contributed by atoms with E-state index < -0.39 is 0 Å². The fourth-order valence-electron chi connectivity index (χ4n) is 2.79. The van der Waals surface area contributed by atoms with Crippen molar-refractivity contribution in [3.05, 3.63) is 90.0 Å². The molecule has 26 heavy (non-hydrogen) atoms. The zero-order valence-electron chi connectivity index (χ0n) is 14.1. The number of benzene rings is 3. The van der Waals surface area contributed by atoms with Crippen molar-refractivity contribution in [2.75, 3.05) is 18.0 Å². The fraction of sp³-hybridized carbons (Fsp3) is 0.0909. The second-order valence-electron chi connectivity index (χ2n) is 5.72. The molecule has 1 heterocycles. The van der Waals surface area contributed by atoms with Crippen LogP contribution in [0.15, 0.2) is 76.7 Å². The van der Waals surface area contributed by atoms with Crippen LogP contribution in [0.5, 0.6) is 0 Å². The molecule has 0 fully saturated rings. The van der Waals surface area contributed by atoms with Crippen LogP contribution in [0.2, 0.25) is 0 Å².